The molecule has 29 heavy (non-hydrogen) atoms. The van der Waals surface area contributed by atoms with Gasteiger partial charge in [-0.1, -0.05) is 18.2 Å². The van der Waals surface area contributed by atoms with E-state index in [1.807, 2.05) is 30.3 Å². The number of fused-ring (bicyclic) bond motifs is 3. The smallest absolute Gasteiger partial charge is 0.235 e. The Labute approximate surface area is 168 Å². The molecule has 0 radical (unpaired) electrons. The van der Waals surface area contributed by atoms with Crippen molar-refractivity contribution in [2.24, 2.45) is 5.92 Å². The lowest BCUT2D eigenvalue weighted by Gasteiger charge is -2.32. The maximum Gasteiger partial charge on any atom is 0.235 e. The van der Waals surface area contributed by atoms with Crippen molar-refractivity contribution in [2.75, 3.05) is 13.7 Å². The van der Waals surface area contributed by atoms with Gasteiger partial charge in [0.05, 0.1) is 13.7 Å². The zero-order valence-electron chi connectivity index (χ0n) is 16.1. The van der Waals surface area contributed by atoms with E-state index in [1.165, 1.54) is 6.92 Å². The van der Waals surface area contributed by atoms with Crippen molar-refractivity contribution in [3.8, 4) is 17.2 Å². The summed E-state index contributed by atoms with van der Waals surface area (Å²) in [6.07, 6.45) is 5.46. The number of nitrogens with zero attached hydrogens (tertiary/aromatic N) is 1. The molecule has 2 heterocycles. The second-order valence-corrected chi connectivity index (χ2v) is 6.81. The molecule has 2 aliphatic heterocycles. The molecule has 0 aliphatic carbocycles. The molecule has 1 atom stereocenters. The highest BCUT2D eigenvalue weighted by atomic mass is 19.1. The van der Waals surface area contributed by atoms with Crippen LogP contribution in [0.15, 0.2) is 54.9 Å². The molecule has 1 amide bonds. The summed E-state index contributed by atoms with van der Waals surface area (Å²) >= 11 is 0. The summed E-state index contributed by atoms with van der Waals surface area (Å²) in [6.45, 7) is 1.98. The molecular weight excluding hydrogens is 375 g/mol. The second kappa shape index (κ2) is 7.87. The average Bonchev–Trinajstić information content (AvgIpc) is 2.73. The van der Waals surface area contributed by atoms with Crippen molar-refractivity contribution in [3.63, 3.8) is 0 Å². The Kier molecular flexibility index (Phi) is 5.12. The number of carbonyl (C=O) groups excluding carboxylic acids is 1. The highest BCUT2D eigenvalue weighted by molar-refractivity contribution is 5.77. The molecule has 1 N–H and O–H groups in total. The van der Waals surface area contributed by atoms with E-state index < -0.39 is 5.82 Å². The fourth-order valence-electron chi connectivity index (χ4n) is 3.33. The minimum absolute atomic E-state index is 0.00187. The Balaban J connectivity index is 1.55. The number of rotatable bonds is 5. The molecule has 4 rings (SSSR count). The third-order valence-corrected chi connectivity index (χ3v) is 4.78. The van der Waals surface area contributed by atoms with E-state index in [4.69, 9.17) is 14.2 Å². The third-order valence-electron chi connectivity index (χ3n) is 4.78. The van der Waals surface area contributed by atoms with E-state index in [1.54, 1.807) is 36.7 Å². The summed E-state index contributed by atoms with van der Waals surface area (Å²) in [7, 11) is 1.60. The lowest BCUT2D eigenvalue weighted by atomic mass is 9.89. The predicted molar refractivity (Wildman–Crippen MR) is 105 cm³/mol. The largest absolute Gasteiger partial charge is 0.497 e. The maximum atomic E-state index is 15.0. The Bertz CT molecular complexity index is 985. The molecule has 0 aromatic heterocycles. The fourth-order valence-corrected chi connectivity index (χ4v) is 3.33. The van der Waals surface area contributed by atoms with Crippen LogP contribution >= 0.6 is 0 Å². The number of hydrogen-bond acceptors (Lipinski definition) is 5. The Morgan fingerprint density at radius 2 is 2.07 bits per heavy atom. The first-order chi connectivity index (χ1) is 14.0. The fraction of sp³-hybridized carbons (Fsp3) is 0.227. The predicted octanol–water partition coefficient (Wildman–Crippen LogP) is 3.64. The van der Waals surface area contributed by atoms with Gasteiger partial charge in [-0.3, -0.25) is 15.2 Å². The first kappa shape index (κ1) is 18.9. The topological polar surface area (TPSA) is 60.0 Å². The Morgan fingerprint density at radius 1 is 1.28 bits per heavy atom. The van der Waals surface area contributed by atoms with Crippen LogP contribution < -0.4 is 19.6 Å². The van der Waals surface area contributed by atoms with Gasteiger partial charge in [-0.25, -0.2) is 0 Å². The van der Waals surface area contributed by atoms with Crippen molar-refractivity contribution < 1.29 is 23.4 Å². The summed E-state index contributed by atoms with van der Waals surface area (Å²) in [5.74, 6) is 0.320. The summed E-state index contributed by atoms with van der Waals surface area (Å²) in [5, 5.41) is 1.56. The van der Waals surface area contributed by atoms with Crippen molar-refractivity contribution in [2.45, 2.75) is 13.5 Å². The molecule has 2 aromatic rings. The first-order valence-corrected chi connectivity index (χ1v) is 9.22. The first-order valence-electron chi connectivity index (χ1n) is 9.22. The number of halogens is 1. The van der Waals surface area contributed by atoms with Crippen LogP contribution in [-0.4, -0.2) is 24.6 Å². The summed E-state index contributed by atoms with van der Waals surface area (Å²) in [4.78, 5) is 11.3. The van der Waals surface area contributed by atoms with Crippen LogP contribution in [0.4, 0.5) is 4.39 Å². The molecule has 2 aromatic carbocycles. The highest BCUT2D eigenvalue weighted by Gasteiger charge is 2.30. The Hall–Kier alpha value is -3.48. The minimum atomic E-state index is -0.531. The quantitative estimate of drug-likeness (QED) is 0.836. The van der Waals surface area contributed by atoms with Gasteiger partial charge in [0.2, 0.25) is 11.7 Å². The summed E-state index contributed by atoms with van der Waals surface area (Å²) in [6, 6.07) is 10.8. The van der Waals surface area contributed by atoms with E-state index in [9.17, 15) is 4.79 Å². The SMILES string of the molecule is COc1ccc(COc2ccc3c(c2F)OCC2C=CN(NC(C)=O)C=C32)cc1. The number of nitrogens with one attached hydrogen (secondary N) is 1. The lowest BCUT2D eigenvalue weighted by Crippen LogP contribution is -2.36. The zero-order valence-corrected chi connectivity index (χ0v) is 16.1. The molecular formula is C22H21FN2O4. The van der Waals surface area contributed by atoms with Gasteiger partial charge in [0, 0.05) is 30.8 Å². The van der Waals surface area contributed by atoms with Gasteiger partial charge in [-0.2, -0.15) is 4.39 Å². The van der Waals surface area contributed by atoms with Crippen LogP contribution in [0.3, 0.4) is 0 Å². The van der Waals surface area contributed by atoms with Crippen molar-refractivity contribution in [3.05, 3.63) is 71.8 Å². The van der Waals surface area contributed by atoms with Gasteiger partial charge >= 0.3 is 0 Å². The molecule has 150 valence electrons. The van der Waals surface area contributed by atoms with Gasteiger partial charge < -0.3 is 14.2 Å². The lowest BCUT2D eigenvalue weighted by molar-refractivity contribution is -0.121. The molecule has 0 fully saturated rings. The monoisotopic (exact) mass is 396 g/mol. The Morgan fingerprint density at radius 3 is 2.79 bits per heavy atom. The van der Waals surface area contributed by atoms with E-state index in [0.29, 0.717) is 12.2 Å². The van der Waals surface area contributed by atoms with E-state index in [-0.39, 0.29) is 29.9 Å². The maximum absolute atomic E-state index is 15.0. The third kappa shape index (κ3) is 3.89. The molecule has 0 saturated heterocycles. The summed E-state index contributed by atoms with van der Waals surface area (Å²) < 4.78 is 31.5. The zero-order chi connectivity index (χ0) is 20.4. The van der Waals surface area contributed by atoms with Crippen LogP contribution in [0.5, 0.6) is 17.2 Å². The van der Waals surface area contributed by atoms with E-state index in [0.717, 1.165) is 16.9 Å². The number of methoxy groups -OCH3 is 1. The van der Waals surface area contributed by atoms with E-state index in [2.05, 4.69) is 5.43 Å². The standard InChI is InChI=1S/C22H21FN2O4/c1-14(26)24-25-10-9-16-13-29-22-18(19(16)11-25)7-8-20(21(22)23)28-12-15-3-5-17(27-2)6-4-15/h3-11,16H,12-13H2,1-2H3,(H,24,26). The minimum Gasteiger partial charge on any atom is -0.497 e. The van der Waals surface area contributed by atoms with Crippen molar-refractivity contribution in [1.82, 2.24) is 10.4 Å². The second-order valence-electron chi connectivity index (χ2n) is 6.81. The van der Waals surface area contributed by atoms with Gasteiger partial charge in [0.25, 0.3) is 0 Å². The molecule has 6 nitrogen and oxygen atoms in total. The van der Waals surface area contributed by atoms with Crippen LogP contribution in [-0.2, 0) is 11.4 Å². The van der Waals surface area contributed by atoms with Crippen LogP contribution in [0.25, 0.3) is 5.57 Å². The van der Waals surface area contributed by atoms with Gasteiger partial charge in [0.1, 0.15) is 12.4 Å². The number of ether oxygens (including phenoxy) is 3. The molecule has 1 unspecified atom stereocenters. The average molecular weight is 396 g/mol. The number of amides is 1. The van der Waals surface area contributed by atoms with Crippen LogP contribution in [0, 0.1) is 11.7 Å². The molecule has 0 saturated carbocycles. The van der Waals surface area contributed by atoms with Crippen LogP contribution in [0.1, 0.15) is 18.1 Å². The molecule has 2 aliphatic rings. The summed E-state index contributed by atoms with van der Waals surface area (Å²) in [5.41, 5.74) is 5.11. The molecule has 0 spiro atoms. The van der Waals surface area contributed by atoms with Crippen molar-refractivity contribution >= 4 is 11.5 Å². The molecule has 7 heteroatoms. The highest BCUT2D eigenvalue weighted by Crippen LogP contribution is 2.42. The molecule has 0 bridgehead atoms. The number of hydrazine groups is 1. The van der Waals surface area contributed by atoms with Crippen LogP contribution in [0.2, 0.25) is 0 Å². The normalized spacial score (nSPS) is 16.9. The van der Waals surface area contributed by atoms with Gasteiger partial charge in [-0.05, 0) is 35.4 Å². The number of benzene rings is 2. The van der Waals surface area contributed by atoms with Gasteiger partial charge in [-0.15, -0.1) is 0 Å². The van der Waals surface area contributed by atoms with Gasteiger partial charge in [0.15, 0.2) is 11.5 Å². The number of hydrogen-bond donors (Lipinski definition) is 1. The number of carbonyl (C=O) groups is 1. The van der Waals surface area contributed by atoms with E-state index >= 15 is 4.39 Å². The van der Waals surface area contributed by atoms with Crippen molar-refractivity contribution in [1.29, 1.82) is 0 Å².